The Morgan fingerprint density at radius 1 is 1.20 bits per heavy atom. The minimum atomic E-state index is 0.563. The van der Waals surface area contributed by atoms with Crippen LogP contribution in [-0.2, 0) is 0 Å². The molecule has 0 N–H and O–H groups in total. The second-order valence-electron chi connectivity index (χ2n) is 4.50. The first-order valence-electron chi connectivity index (χ1n) is 4.26. The van der Waals surface area contributed by atoms with Crippen LogP contribution in [-0.4, -0.2) is 3.42 Å². The summed E-state index contributed by atoms with van der Waals surface area (Å²) in [7, 11) is 0. The maximum atomic E-state index is 2.62. The van der Waals surface area contributed by atoms with Crippen LogP contribution < -0.4 is 0 Å². The lowest BCUT2D eigenvalue weighted by Crippen LogP contribution is -2.26. The Bertz CT molecular complexity index is 139. The number of hydrogen-bond donors (Lipinski definition) is 0. The summed E-state index contributed by atoms with van der Waals surface area (Å²) in [6, 6.07) is 0. The van der Waals surface area contributed by atoms with Crippen molar-refractivity contribution in [3.05, 3.63) is 0 Å². The molecular weight excluding hydrogens is 235 g/mol. The number of fused-ring (bicyclic) bond motifs is 1. The summed E-state index contributed by atoms with van der Waals surface area (Å²) in [5.41, 5.74) is 0. The van der Waals surface area contributed by atoms with Crippen LogP contribution in [0.4, 0.5) is 0 Å². The molecule has 0 saturated heterocycles. The predicted molar refractivity (Wildman–Crippen MR) is 52.4 cm³/mol. The van der Waals surface area contributed by atoms with Crippen molar-refractivity contribution in [2.75, 3.05) is 0 Å². The van der Waals surface area contributed by atoms with Gasteiger partial charge in [-0.25, -0.2) is 0 Å². The van der Waals surface area contributed by atoms with Crippen molar-refractivity contribution in [1.82, 2.24) is 0 Å². The second-order valence-corrected chi connectivity index (χ2v) is 7.28. The maximum Gasteiger partial charge on any atom is 0.0197 e. The second kappa shape index (κ2) is 2.11. The molecule has 0 aromatic carbocycles. The predicted octanol–water partition coefficient (Wildman–Crippen LogP) is 3.25. The lowest BCUT2D eigenvalue weighted by Gasteiger charge is -2.30. The van der Waals surface area contributed by atoms with Gasteiger partial charge >= 0.3 is 0 Å². The SMILES string of the molecule is CC(C)(I)C1CC2CC1C2. The largest absolute Gasteiger partial charge is 0.0792 e. The quantitative estimate of drug-likeness (QED) is 0.495. The van der Waals surface area contributed by atoms with E-state index in [0.717, 1.165) is 17.8 Å². The molecule has 0 aromatic heterocycles. The van der Waals surface area contributed by atoms with E-state index in [2.05, 4.69) is 36.4 Å². The average molecular weight is 250 g/mol. The third-order valence-electron chi connectivity index (χ3n) is 3.31. The minimum Gasteiger partial charge on any atom is -0.0792 e. The van der Waals surface area contributed by atoms with Gasteiger partial charge in [-0.1, -0.05) is 36.4 Å². The van der Waals surface area contributed by atoms with Gasteiger partial charge in [-0.2, -0.15) is 0 Å². The summed E-state index contributed by atoms with van der Waals surface area (Å²) in [6.07, 6.45) is 4.63. The maximum absolute atomic E-state index is 2.62. The highest BCUT2D eigenvalue weighted by atomic mass is 127. The van der Waals surface area contributed by atoms with E-state index in [9.17, 15) is 0 Å². The molecule has 0 amide bonds. The molecule has 3 rings (SSSR count). The average Bonchev–Trinajstić information content (AvgIpc) is 2.07. The van der Waals surface area contributed by atoms with Crippen molar-refractivity contribution < 1.29 is 0 Å². The van der Waals surface area contributed by atoms with Crippen LogP contribution in [0.15, 0.2) is 0 Å². The van der Waals surface area contributed by atoms with Crippen LogP contribution in [0.5, 0.6) is 0 Å². The van der Waals surface area contributed by atoms with Gasteiger partial charge in [0.2, 0.25) is 0 Å². The van der Waals surface area contributed by atoms with Crippen molar-refractivity contribution in [3.8, 4) is 0 Å². The number of hydrogen-bond acceptors (Lipinski definition) is 0. The van der Waals surface area contributed by atoms with Gasteiger partial charge in [-0.3, -0.25) is 0 Å². The fourth-order valence-corrected chi connectivity index (χ4v) is 3.46. The number of alkyl halides is 1. The van der Waals surface area contributed by atoms with Crippen LogP contribution in [0.1, 0.15) is 33.1 Å². The molecule has 10 heavy (non-hydrogen) atoms. The topological polar surface area (TPSA) is 0 Å². The molecule has 1 unspecified atom stereocenters. The molecule has 3 aliphatic carbocycles. The third-order valence-corrected chi connectivity index (χ3v) is 4.11. The molecule has 0 aromatic rings. The zero-order valence-corrected chi connectivity index (χ0v) is 8.89. The number of rotatable bonds is 1. The molecule has 1 heteroatoms. The van der Waals surface area contributed by atoms with E-state index in [4.69, 9.17) is 0 Å². The van der Waals surface area contributed by atoms with Crippen LogP contribution in [0.2, 0.25) is 0 Å². The highest BCUT2D eigenvalue weighted by Gasteiger charge is 2.49. The number of halogens is 1. The first kappa shape index (κ1) is 7.38. The highest BCUT2D eigenvalue weighted by molar-refractivity contribution is 14.1. The summed E-state index contributed by atoms with van der Waals surface area (Å²) < 4.78 is 0.563. The minimum absolute atomic E-state index is 0.563. The Morgan fingerprint density at radius 2 is 1.80 bits per heavy atom. The van der Waals surface area contributed by atoms with Gasteiger partial charge in [0.1, 0.15) is 0 Å². The first-order valence-corrected chi connectivity index (χ1v) is 5.34. The molecule has 0 aliphatic heterocycles. The fraction of sp³-hybridized carbons (Fsp3) is 1.00. The molecule has 58 valence electrons. The lowest BCUT2D eigenvalue weighted by molar-refractivity contribution is 0.260. The Kier molecular flexibility index (Phi) is 1.56. The van der Waals surface area contributed by atoms with Gasteiger partial charge < -0.3 is 0 Å². The van der Waals surface area contributed by atoms with Crippen LogP contribution in [0, 0.1) is 17.8 Å². The zero-order chi connectivity index (χ0) is 7.35. The summed E-state index contributed by atoms with van der Waals surface area (Å²) in [5, 5.41) is 0. The summed E-state index contributed by atoms with van der Waals surface area (Å²) in [5.74, 6) is 3.28. The van der Waals surface area contributed by atoms with E-state index in [1.165, 1.54) is 6.42 Å². The van der Waals surface area contributed by atoms with E-state index in [1.807, 2.05) is 0 Å². The summed E-state index contributed by atoms with van der Waals surface area (Å²) in [6.45, 7) is 4.78. The van der Waals surface area contributed by atoms with Crippen LogP contribution in [0.3, 0.4) is 0 Å². The van der Waals surface area contributed by atoms with E-state index < -0.39 is 0 Å². The van der Waals surface area contributed by atoms with Gasteiger partial charge in [0.15, 0.2) is 0 Å². The standard InChI is InChI=1S/C9H15I/c1-9(2,10)8-5-6-3-7(8)4-6/h6-8H,3-5H2,1-2H3. The smallest absolute Gasteiger partial charge is 0.0197 e. The normalized spacial score (nSPS) is 45.3. The van der Waals surface area contributed by atoms with Crippen molar-refractivity contribution >= 4 is 22.6 Å². The molecule has 0 radical (unpaired) electrons. The van der Waals surface area contributed by atoms with E-state index in [1.54, 1.807) is 12.8 Å². The van der Waals surface area contributed by atoms with Crippen molar-refractivity contribution in [3.63, 3.8) is 0 Å². The van der Waals surface area contributed by atoms with Crippen LogP contribution >= 0.6 is 22.6 Å². The molecule has 0 spiro atoms. The first-order chi connectivity index (χ1) is 4.57. The summed E-state index contributed by atoms with van der Waals surface area (Å²) >= 11 is 2.62. The van der Waals surface area contributed by atoms with Gasteiger partial charge in [0.05, 0.1) is 0 Å². The summed E-state index contributed by atoms with van der Waals surface area (Å²) in [4.78, 5) is 0. The monoisotopic (exact) mass is 250 g/mol. The van der Waals surface area contributed by atoms with E-state index >= 15 is 0 Å². The van der Waals surface area contributed by atoms with Crippen molar-refractivity contribution in [1.29, 1.82) is 0 Å². The third kappa shape index (κ3) is 1.01. The molecular formula is C9H15I. The van der Waals surface area contributed by atoms with E-state index in [-0.39, 0.29) is 0 Å². The van der Waals surface area contributed by atoms with Gasteiger partial charge in [-0.15, -0.1) is 0 Å². The van der Waals surface area contributed by atoms with E-state index in [0.29, 0.717) is 3.42 Å². The van der Waals surface area contributed by atoms with Crippen LogP contribution in [0.25, 0.3) is 0 Å². The Morgan fingerprint density at radius 3 is 2.00 bits per heavy atom. The zero-order valence-electron chi connectivity index (χ0n) is 6.73. The molecule has 3 fully saturated rings. The van der Waals surface area contributed by atoms with Crippen molar-refractivity contribution in [2.45, 2.75) is 36.5 Å². The Balaban J connectivity index is 2.07. The molecule has 3 saturated carbocycles. The van der Waals surface area contributed by atoms with Gasteiger partial charge in [0.25, 0.3) is 0 Å². The van der Waals surface area contributed by atoms with Crippen molar-refractivity contribution in [2.24, 2.45) is 17.8 Å². The molecule has 0 nitrogen and oxygen atoms in total. The fourth-order valence-electron chi connectivity index (χ4n) is 2.70. The van der Waals surface area contributed by atoms with Gasteiger partial charge in [0, 0.05) is 3.42 Å². The molecule has 0 heterocycles. The Labute approximate surface area is 76.9 Å². The van der Waals surface area contributed by atoms with Gasteiger partial charge in [-0.05, 0) is 37.0 Å². The lowest BCUT2D eigenvalue weighted by atomic mass is 9.80. The molecule has 2 bridgehead atoms. The highest BCUT2D eigenvalue weighted by Crippen LogP contribution is 2.57. The Hall–Kier alpha value is 0.730. The molecule has 3 aliphatic rings. The molecule has 1 atom stereocenters.